The molecule has 0 spiro atoms. The average Bonchev–Trinajstić information content (AvgIpc) is 2.86. The van der Waals surface area contributed by atoms with Crippen LogP contribution in [-0.2, 0) is 4.79 Å². The van der Waals surface area contributed by atoms with Crippen molar-refractivity contribution in [3.8, 4) is 0 Å². The van der Waals surface area contributed by atoms with Gasteiger partial charge in [-0.3, -0.25) is 4.79 Å². The third-order valence-electron chi connectivity index (χ3n) is 3.11. The van der Waals surface area contributed by atoms with Gasteiger partial charge in [-0.1, -0.05) is 6.07 Å². The van der Waals surface area contributed by atoms with Gasteiger partial charge in [0.25, 0.3) is 0 Å². The van der Waals surface area contributed by atoms with Crippen molar-refractivity contribution >= 4 is 11.6 Å². The Morgan fingerprint density at radius 3 is 3.00 bits per heavy atom. The Kier molecular flexibility index (Phi) is 4.25. The smallest absolute Gasteiger partial charge is 0.224 e. The van der Waals surface area contributed by atoms with Crippen LogP contribution in [0, 0.1) is 11.6 Å². The fourth-order valence-corrected chi connectivity index (χ4v) is 2.12. The summed E-state index contributed by atoms with van der Waals surface area (Å²) in [4.78, 5) is 11.6. The summed E-state index contributed by atoms with van der Waals surface area (Å²) in [7, 11) is 0. The van der Waals surface area contributed by atoms with Gasteiger partial charge in [0, 0.05) is 12.5 Å². The second kappa shape index (κ2) is 5.91. The summed E-state index contributed by atoms with van der Waals surface area (Å²) >= 11 is 0. The van der Waals surface area contributed by atoms with Crippen LogP contribution in [0.25, 0.3) is 0 Å². The summed E-state index contributed by atoms with van der Waals surface area (Å²) in [6.45, 7) is 0.991. The molecular weight excluding hydrogens is 238 g/mol. The van der Waals surface area contributed by atoms with E-state index in [1.807, 2.05) is 0 Å². The van der Waals surface area contributed by atoms with Crippen LogP contribution in [0.4, 0.5) is 14.5 Å². The van der Waals surface area contributed by atoms with Crippen LogP contribution >= 0.6 is 0 Å². The molecule has 1 unspecified atom stereocenters. The lowest BCUT2D eigenvalue weighted by atomic mass is 10.1. The van der Waals surface area contributed by atoms with Crippen molar-refractivity contribution in [2.24, 2.45) is 0 Å². The molecule has 0 saturated carbocycles. The summed E-state index contributed by atoms with van der Waals surface area (Å²) in [5.74, 6) is -2.25. The van der Waals surface area contributed by atoms with Crippen molar-refractivity contribution in [1.29, 1.82) is 0 Å². The summed E-state index contributed by atoms with van der Waals surface area (Å²) < 4.78 is 26.2. The average molecular weight is 254 g/mol. The van der Waals surface area contributed by atoms with Crippen LogP contribution in [0.1, 0.15) is 25.7 Å². The number of nitrogens with one attached hydrogen (secondary N) is 2. The Balaban J connectivity index is 1.84. The molecule has 1 heterocycles. The number of halogens is 2. The SMILES string of the molecule is O=C(CCC1CCCN1)Nc1cccc(F)c1F. The molecule has 2 rings (SSSR count). The minimum Gasteiger partial charge on any atom is -0.324 e. The largest absolute Gasteiger partial charge is 0.324 e. The lowest BCUT2D eigenvalue weighted by Gasteiger charge is -2.10. The van der Waals surface area contributed by atoms with Gasteiger partial charge in [0.2, 0.25) is 5.91 Å². The fraction of sp³-hybridized carbons (Fsp3) is 0.462. The predicted octanol–water partition coefficient (Wildman–Crippen LogP) is 2.44. The van der Waals surface area contributed by atoms with Crippen LogP contribution in [0.2, 0.25) is 0 Å². The highest BCUT2D eigenvalue weighted by molar-refractivity contribution is 5.90. The van der Waals surface area contributed by atoms with E-state index in [1.165, 1.54) is 12.1 Å². The second-order valence-electron chi connectivity index (χ2n) is 4.48. The lowest BCUT2D eigenvalue weighted by Crippen LogP contribution is -2.23. The second-order valence-corrected chi connectivity index (χ2v) is 4.48. The molecule has 0 aromatic heterocycles. The van der Waals surface area contributed by atoms with Gasteiger partial charge in [0.1, 0.15) is 0 Å². The van der Waals surface area contributed by atoms with Crippen LogP contribution in [0.15, 0.2) is 18.2 Å². The molecule has 1 aromatic carbocycles. The summed E-state index contributed by atoms with van der Waals surface area (Å²) in [5.41, 5.74) is -0.0978. The van der Waals surface area contributed by atoms with Gasteiger partial charge in [-0.05, 0) is 37.9 Å². The molecule has 1 fully saturated rings. The Labute approximate surface area is 105 Å². The third kappa shape index (κ3) is 3.26. The Morgan fingerprint density at radius 1 is 1.44 bits per heavy atom. The van der Waals surface area contributed by atoms with E-state index in [-0.39, 0.29) is 11.6 Å². The monoisotopic (exact) mass is 254 g/mol. The van der Waals surface area contributed by atoms with Gasteiger partial charge in [0.15, 0.2) is 11.6 Å². The first-order chi connectivity index (χ1) is 8.66. The minimum absolute atomic E-state index is 0.0978. The first-order valence-corrected chi connectivity index (χ1v) is 6.14. The van der Waals surface area contributed by atoms with Crippen molar-refractivity contribution in [2.45, 2.75) is 31.7 Å². The molecule has 18 heavy (non-hydrogen) atoms. The number of hydrogen-bond donors (Lipinski definition) is 2. The molecule has 3 nitrogen and oxygen atoms in total. The number of anilines is 1. The summed E-state index contributed by atoms with van der Waals surface area (Å²) in [5, 5.41) is 5.68. The number of carbonyl (C=O) groups is 1. The molecule has 1 aromatic rings. The Morgan fingerprint density at radius 2 is 2.28 bits per heavy atom. The van der Waals surface area contributed by atoms with Crippen molar-refractivity contribution in [3.05, 3.63) is 29.8 Å². The topological polar surface area (TPSA) is 41.1 Å². The number of carbonyl (C=O) groups excluding carboxylic acids is 1. The van der Waals surface area contributed by atoms with Crippen molar-refractivity contribution in [2.75, 3.05) is 11.9 Å². The molecular formula is C13H16F2N2O. The lowest BCUT2D eigenvalue weighted by molar-refractivity contribution is -0.116. The van der Waals surface area contributed by atoms with E-state index in [1.54, 1.807) is 0 Å². The number of benzene rings is 1. The zero-order valence-corrected chi connectivity index (χ0v) is 10.0. The third-order valence-corrected chi connectivity index (χ3v) is 3.11. The van der Waals surface area contributed by atoms with Crippen molar-refractivity contribution < 1.29 is 13.6 Å². The van der Waals surface area contributed by atoms with Crippen LogP contribution < -0.4 is 10.6 Å². The molecule has 0 aliphatic carbocycles. The minimum atomic E-state index is -1.01. The number of amides is 1. The first-order valence-electron chi connectivity index (χ1n) is 6.14. The van der Waals surface area contributed by atoms with Gasteiger partial charge < -0.3 is 10.6 Å². The molecule has 98 valence electrons. The van der Waals surface area contributed by atoms with E-state index < -0.39 is 11.6 Å². The normalized spacial score (nSPS) is 18.9. The molecule has 0 bridgehead atoms. The highest BCUT2D eigenvalue weighted by Crippen LogP contribution is 2.17. The summed E-state index contributed by atoms with van der Waals surface area (Å²) in [6, 6.07) is 4.11. The van der Waals surface area contributed by atoms with Crippen LogP contribution in [0.5, 0.6) is 0 Å². The zero-order chi connectivity index (χ0) is 13.0. The molecule has 1 amide bonds. The molecule has 2 N–H and O–H groups in total. The molecule has 1 aliphatic heterocycles. The van der Waals surface area contributed by atoms with Crippen LogP contribution in [-0.4, -0.2) is 18.5 Å². The van der Waals surface area contributed by atoms with Gasteiger partial charge >= 0.3 is 0 Å². The molecule has 5 heteroatoms. The zero-order valence-electron chi connectivity index (χ0n) is 10.0. The Bertz CT molecular complexity index is 431. The van der Waals surface area contributed by atoms with Crippen molar-refractivity contribution in [1.82, 2.24) is 5.32 Å². The molecule has 1 aliphatic rings. The maximum absolute atomic E-state index is 13.3. The van der Waals surface area contributed by atoms with Gasteiger partial charge in [-0.2, -0.15) is 0 Å². The van der Waals surface area contributed by atoms with E-state index in [0.717, 1.165) is 31.9 Å². The number of rotatable bonds is 4. The van der Waals surface area contributed by atoms with E-state index >= 15 is 0 Å². The molecule has 1 atom stereocenters. The van der Waals surface area contributed by atoms with E-state index in [0.29, 0.717) is 12.5 Å². The predicted molar refractivity (Wildman–Crippen MR) is 65.2 cm³/mol. The van der Waals surface area contributed by atoms with E-state index in [4.69, 9.17) is 0 Å². The standard InChI is InChI=1S/C13H16F2N2O/c14-10-4-1-5-11(13(10)15)17-12(18)7-6-9-3-2-8-16-9/h1,4-5,9,16H,2-3,6-8H2,(H,17,18). The fourth-order valence-electron chi connectivity index (χ4n) is 2.12. The maximum Gasteiger partial charge on any atom is 0.224 e. The highest BCUT2D eigenvalue weighted by atomic mass is 19.2. The quantitative estimate of drug-likeness (QED) is 0.866. The van der Waals surface area contributed by atoms with Gasteiger partial charge in [0.05, 0.1) is 5.69 Å². The summed E-state index contributed by atoms with van der Waals surface area (Å²) in [6.07, 6.45) is 3.24. The van der Waals surface area contributed by atoms with Gasteiger partial charge in [-0.15, -0.1) is 0 Å². The maximum atomic E-state index is 13.3. The molecule has 0 radical (unpaired) electrons. The highest BCUT2D eigenvalue weighted by Gasteiger charge is 2.16. The van der Waals surface area contributed by atoms with Crippen molar-refractivity contribution in [3.63, 3.8) is 0 Å². The Hall–Kier alpha value is -1.49. The van der Waals surface area contributed by atoms with E-state index in [9.17, 15) is 13.6 Å². The van der Waals surface area contributed by atoms with Gasteiger partial charge in [-0.25, -0.2) is 8.78 Å². The number of hydrogen-bond acceptors (Lipinski definition) is 2. The molecule has 1 saturated heterocycles. The van der Waals surface area contributed by atoms with Crippen LogP contribution in [0.3, 0.4) is 0 Å². The first kappa shape index (κ1) is 13.0. The van der Waals surface area contributed by atoms with E-state index in [2.05, 4.69) is 10.6 Å².